The molecule has 0 saturated heterocycles. The Morgan fingerprint density at radius 3 is 1.25 bits per heavy atom. The lowest BCUT2D eigenvalue weighted by atomic mass is 9.33. The number of hydrogen-bond acceptors (Lipinski definition) is 3. The van der Waals surface area contributed by atoms with Crippen molar-refractivity contribution in [2.24, 2.45) is 0 Å². The molecule has 12 aromatic carbocycles. The van der Waals surface area contributed by atoms with Gasteiger partial charge >= 0.3 is 0 Å². The summed E-state index contributed by atoms with van der Waals surface area (Å²) >= 11 is 0. The van der Waals surface area contributed by atoms with Crippen LogP contribution in [0.3, 0.4) is 0 Å². The molecule has 0 radical (unpaired) electrons. The fraction of sp³-hybridized carbons (Fsp3) is 0.0886. The molecule has 0 spiro atoms. The van der Waals surface area contributed by atoms with Crippen LogP contribution < -0.4 is 31.1 Å². The molecule has 0 aromatic heterocycles. The van der Waals surface area contributed by atoms with E-state index in [4.69, 9.17) is 0 Å². The number of benzene rings is 12. The van der Waals surface area contributed by atoms with Crippen LogP contribution in [0.4, 0.5) is 51.2 Å². The first-order valence-corrected chi connectivity index (χ1v) is 29.4. The lowest BCUT2D eigenvalue weighted by Crippen LogP contribution is -2.61. The molecule has 0 amide bonds. The molecule has 17 rings (SSSR count). The molecule has 0 fully saturated rings. The van der Waals surface area contributed by atoms with Gasteiger partial charge in [0, 0.05) is 67.3 Å². The van der Waals surface area contributed by atoms with Gasteiger partial charge < -0.3 is 14.7 Å². The Kier molecular flexibility index (Phi) is 10.1. The van der Waals surface area contributed by atoms with Crippen molar-refractivity contribution in [3.8, 4) is 33.4 Å². The summed E-state index contributed by atoms with van der Waals surface area (Å²) in [4.78, 5) is 7.87. The summed E-state index contributed by atoms with van der Waals surface area (Å²) in [5.74, 6) is 0. The third-order valence-corrected chi connectivity index (χ3v) is 19.5. The highest BCUT2D eigenvalue weighted by Gasteiger charge is 2.53. The van der Waals surface area contributed by atoms with Crippen LogP contribution in [0.5, 0.6) is 0 Å². The van der Waals surface area contributed by atoms with Gasteiger partial charge in [0.25, 0.3) is 6.71 Å². The van der Waals surface area contributed by atoms with E-state index in [0.29, 0.717) is 0 Å². The van der Waals surface area contributed by atoms with E-state index in [-0.39, 0.29) is 17.5 Å². The van der Waals surface area contributed by atoms with Crippen molar-refractivity contribution in [3.05, 3.63) is 324 Å². The van der Waals surface area contributed by atoms with Crippen LogP contribution in [-0.2, 0) is 16.2 Å². The van der Waals surface area contributed by atoms with Crippen LogP contribution in [0.15, 0.2) is 279 Å². The van der Waals surface area contributed by atoms with Crippen LogP contribution in [0.1, 0.15) is 72.2 Å². The van der Waals surface area contributed by atoms with Crippen molar-refractivity contribution in [3.63, 3.8) is 0 Å². The summed E-state index contributed by atoms with van der Waals surface area (Å²) in [7, 11) is 0. The standard InChI is InChI=1S/C79H58BN3/c1-77(2)60-40-23-20-37-57(60)71-63(77)43-26-44-68(71)81(53-31-14-7-15-32-53)56-49-69-74-70(50-56)83(55-35-18-9-19-36-55)76-67(48-46-65-73(76)59-39-22-25-42-62(59)79(65,51-27-10-5-11-28-51)52-29-12-6-13-30-52)80(74)66-47-45-64-72(58-38-21-24-41-61(58)78(64,3)4)75(66)82(69)54-33-16-8-17-34-54/h5-50H,1-4H3. The van der Waals surface area contributed by atoms with E-state index >= 15 is 0 Å². The average molecular weight is 1060 g/mol. The molecule has 0 N–H and O–H groups in total. The molecule has 0 unspecified atom stereocenters. The predicted molar refractivity (Wildman–Crippen MR) is 348 cm³/mol. The van der Waals surface area contributed by atoms with Crippen LogP contribution in [0, 0.1) is 0 Å². The Morgan fingerprint density at radius 2 is 0.723 bits per heavy atom. The van der Waals surface area contributed by atoms with Gasteiger partial charge in [-0.05, 0) is 132 Å². The first-order valence-electron chi connectivity index (χ1n) is 29.4. The minimum Gasteiger partial charge on any atom is -0.311 e. The summed E-state index contributed by atoms with van der Waals surface area (Å²) in [6.45, 7) is 9.46. The first-order chi connectivity index (χ1) is 40.8. The smallest absolute Gasteiger partial charge is 0.252 e. The monoisotopic (exact) mass is 1060 g/mol. The SMILES string of the molecule is CC1(C)c2ccccc2-c2c(N(c3ccccc3)c3cc4c5c(c3)N(c3ccccc3)c3c(ccc6c3-c3ccccc3C6(c3ccccc3)c3ccccc3)B5c3ccc5c(c3N4c3ccccc3)-c3ccccc3C5(C)C)cccc21. The van der Waals surface area contributed by atoms with E-state index in [1.165, 1.54) is 111 Å². The second-order valence-electron chi connectivity index (χ2n) is 24.3. The highest BCUT2D eigenvalue weighted by molar-refractivity contribution is 7.00. The van der Waals surface area contributed by atoms with Gasteiger partial charge in [-0.3, -0.25) is 0 Å². The molecular formula is C79H58BN3. The molecule has 83 heavy (non-hydrogen) atoms. The quantitative estimate of drug-likeness (QED) is 0.147. The maximum atomic E-state index is 2.66. The fourth-order valence-electron chi connectivity index (χ4n) is 16.0. The Bertz CT molecular complexity index is 4590. The van der Waals surface area contributed by atoms with E-state index in [2.05, 4.69) is 321 Å². The van der Waals surface area contributed by atoms with Gasteiger partial charge in [-0.15, -0.1) is 0 Å². The van der Waals surface area contributed by atoms with E-state index in [0.717, 1.165) is 34.1 Å². The molecule has 2 heterocycles. The minimum atomic E-state index is -0.605. The number of rotatable bonds is 7. The van der Waals surface area contributed by atoms with E-state index in [9.17, 15) is 0 Å². The second kappa shape index (κ2) is 17.6. The zero-order valence-electron chi connectivity index (χ0n) is 47.0. The van der Waals surface area contributed by atoms with Crippen molar-refractivity contribution in [1.29, 1.82) is 0 Å². The Balaban J connectivity index is 1.05. The Morgan fingerprint density at radius 1 is 0.325 bits per heavy atom. The Hall–Kier alpha value is -9.90. The summed E-state index contributed by atoms with van der Waals surface area (Å²) in [6, 6.07) is 106. The van der Waals surface area contributed by atoms with Crippen LogP contribution in [-0.4, -0.2) is 6.71 Å². The number of para-hydroxylation sites is 3. The maximum absolute atomic E-state index is 2.66. The molecule has 12 aromatic rings. The number of hydrogen-bond donors (Lipinski definition) is 0. The van der Waals surface area contributed by atoms with Gasteiger partial charge in [-0.1, -0.05) is 252 Å². The number of fused-ring (bicyclic) bond motifs is 15. The summed E-state index contributed by atoms with van der Waals surface area (Å²) < 4.78 is 0. The summed E-state index contributed by atoms with van der Waals surface area (Å²) in [5, 5.41) is 0. The van der Waals surface area contributed by atoms with Gasteiger partial charge in [0.15, 0.2) is 0 Å². The van der Waals surface area contributed by atoms with Crippen molar-refractivity contribution in [1.82, 2.24) is 0 Å². The molecule has 392 valence electrons. The lowest BCUT2D eigenvalue weighted by Gasteiger charge is -2.46. The zero-order valence-corrected chi connectivity index (χ0v) is 47.0. The summed E-state index contributed by atoms with van der Waals surface area (Å²) in [5.41, 5.74) is 31.4. The highest BCUT2D eigenvalue weighted by Crippen LogP contribution is 2.62. The number of nitrogens with zero attached hydrogens (tertiary/aromatic N) is 3. The van der Waals surface area contributed by atoms with Crippen LogP contribution in [0.2, 0.25) is 0 Å². The Labute approximate surface area is 487 Å². The summed E-state index contributed by atoms with van der Waals surface area (Å²) in [6.07, 6.45) is 0. The predicted octanol–water partition coefficient (Wildman–Crippen LogP) is 18.2. The first kappa shape index (κ1) is 47.9. The van der Waals surface area contributed by atoms with Gasteiger partial charge in [0.05, 0.1) is 16.8 Å². The minimum absolute atomic E-state index is 0.153. The van der Waals surface area contributed by atoms with E-state index < -0.39 is 5.41 Å². The largest absolute Gasteiger partial charge is 0.311 e. The second-order valence-corrected chi connectivity index (χ2v) is 24.3. The molecule has 3 nitrogen and oxygen atoms in total. The van der Waals surface area contributed by atoms with Gasteiger partial charge in [-0.2, -0.15) is 0 Å². The molecule has 3 aliphatic carbocycles. The van der Waals surface area contributed by atoms with Crippen LogP contribution in [0.25, 0.3) is 33.4 Å². The maximum Gasteiger partial charge on any atom is 0.252 e. The fourth-order valence-corrected chi connectivity index (χ4v) is 16.0. The van der Waals surface area contributed by atoms with Gasteiger partial charge in [-0.25, -0.2) is 0 Å². The zero-order chi connectivity index (χ0) is 55.3. The van der Waals surface area contributed by atoms with Crippen molar-refractivity contribution < 1.29 is 0 Å². The van der Waals surface area contributed by atoms with E-state index in [1.54, 1.807) is 0 Å². The van der Waals surface area contributed by atoms with Crippen molar-refractivity contribution >= 4 is 74.3 Å². The molecule has 0 bridgehead atoms. The third-order valence-electron chi connectivity index (χ3n) is 19.5. The topological polar surface area (TPSA) is 9.72 Å². The molecule has 0 atom stereocenters. The molecular weight excluding hydrogens is 1000 g/mol. The van der Waals surface area contributed by atoms with Crippen molar-refractivity contribution in [2.75, 3.05) is 14.7 Å². The molecule has 2 aliphatic heterocycles. The van der Waals surface area contributed by atoms with Gasteiger partial charge in [0.2, 0.25) is 0 Å². The van der Waals surface area contributed by atoms with Crippen molar-refractivity contribution in [2.45, 2.75) is 43.9 Å². The molecule has 0 saturated carbocycles. The van der Waals surface area contributed by atoms with E-state index in [1.807, 2.05) is 0 Å². The lowest BCUT2D eigenvalue weighted by molar-refractivity contribution is 0.660. The number of anilines is 9. The molecule has 4 heteroatoms. The normalized spacial score (nSPS) is 15.2. The molecule has 5 aliphatic rings. The average Bonchev–Trinajstić information content (AvgIpc) is 1.83. The highest BCUT2D eigenvalue weighted by atomic mass is 15.2. The van der Waals surface area contributed by atoms with Gasteiger partial charge in [0.1, 0.15) is 0 Å². The third kappa shape index (κ3) is 6.41. The van der Waals surface area contributed by atoms with Crippen LogP contribution >= 0.6 is 0 Å².